The van der Waals surface area contributed by atoms with Crippen molar-refractivity contribution in [2.45, 2.75) is 91.3 Å². The number of benzene rings is 1. The fourth-order valence-electron chi connectivity index (χ4n) is 8.46. The average Bonchev–Trinajstić information content (AvgIpc) is 3.36. The van der Waals surface area contributed by atoms with Crippen molar-refractivity contribution in [3.05, 3.63) is 53.8 Å². The van der Waals surface area contributed by atoms with Crippen LogP contribution in [0.25, 0.3) is 16.5 Å². The van der Waals surface area contributed by atoms with Gasteiger partial charge in [0.05, 0.1) is 11.7 Å². The first-order valence-corrected chi connectivity index (χ1v) is 13.3. The highest BCUT2D eigenvalue weighted by Crippen LogP contribution is 2.66. The van der Waals surface area contributed by atoms with Crippen LogP contribution in [0.5, 0.6) is 0 Å². The summed E-state index contributed by atoms with van der Waals surface area (Å²) >= 11 is 0. The molecule has 0 amide bonds. The molecule has 1 aromatic heterocycles. The Morgan fingerprint density at radius 1 is 0.939 bits per heavy atom. The van der Waals surface area contributed by atoms with E-state index in [1.807, 2.05) is 0 Å². The third-order valence-electron chi connectivity index (χ3n) is 10.0. The summed E-state index contributed by atoms with van der Waals surface area (Å²) in [4.78, 5) is 3.35. The summed E-state index contributed by atoms with van der Waals surface area (Å²) in [6.07, 6.45) is 16.6. The molecule has 0 aliphatic heterocycles. The van der Waals surface area contributed by atoms with Crippen molar-refractivity contribution in [2.75, 3.05) is 0 Å². The molecule has 0 bridgehead atoms. The minimum atomic E-state index is -0.0435. The van der Waals surface area contributed by atoms with Gasteiger partial charge in [0.15, 0.2) is 0 Å². The van der Waals surface area contributed by atoms with Gasteiger partial charge in [-0.15, -0.1) is 0 Å². The van der Waals surface area contributed by atoms with Crippen LogP contribution in [0.2, 0.25) is 0 Å². The fourth-order valence-corrected chi connectivity index (χ4v) is 8.46. The van der Waals surface area contributed by atoms with Gasteiger partial charge in [0.1, 0.15) is 0 Å². The lowest BCUT2D eigenvalue weighted by Gasteiger charge is -2.58. The van der Waals surface area contributed by atoms with Gasteiger partial charge in [-0.05, 0) is 129 Å². The quantitative estimate of drug-likeness (QED) is 0.464. The Balaban J connectivity index is 1.26. The largest absolute Gasteiger partial charge is 0.372 e. The van der Waals surface area contributed by atoms with Crippen LogP contribution >= 0.6 is 0 Å². The first-order chi connectivity index (χ1) is 15.7. The molecular weight excluding hydrogens is 402 g/mol. The first-order valence-electron chi connectivity index (χ1n) is 13.3. The number of rotatable bonds is 2. The summed E-state index contributed by atoms with van der Waals surface area (Å²) < 4.78 is 6.43. The normalized spacial score (nSPS) is 38.3. The van der Waals surface area contributed by atoms with Crippen molar-refractivity contribution >= 4 is 16.5 Å². The summed E-state index contributed by atoms with van der Waals surface area (Å²) in [6, 6.07) is 9.23. The number of aromatic amines is 1. The maximum absolute atomic E-state index is 6.43. The van der Waals surface area contributed by atoms with Gasteiger partial charge in [0, 0.05) is 11.7 Å². The van der Waals surface area contributed by atoms with E-state index in [1.165, 1.54) is 55.0 Å². The number of H-pyrrole nitrogens is 1. The second-order valence-electron chi connectivity index (χ2n) is 12.9. The Labute approximate surface area is 199 Å². The van der Waals surface area contributed by atoms with Gasteiger partial charge in [-0.25, -0.2) is 0 Å². The standard InChI is InChI=1S/C31H41NO/c1-29(2,3)33-23-12-15-30(4)22(19-23)7-8-24-26-10-9-25(31(26,5)16-13-27(24)30)20-6-11-28-21(18-20)14-17-32-28/h6-7,9,11,14,17-18,23-24,26-27,32H,8,10,12-13,15-16,19H2,1-5H3/t23-,24+,26+,27+,30+,31-/m1/s1. The van der Waals surface area contributed by atoms with Crippen LogP contribution in [0.3, 0.4) is 0 Å². The Morgan fingerprint density at radius 2 is 1.76 bits per heavy atom. The smallest absolute Gasteiger partial charge is 0.0619 e. The monoisotopic (exact) mass is 443 g/mol. The molecule has 33 heavy (non-hydrogen) atoms. The van der Waals surface area contributed by atoms with Crippen LogP contribution in [0, 0.1) is 28.6 Å². The van der Waals surface area contributed by atoms with Crippen molar-refractivity contribution in [1.82, 2.24) is 4.98 Å². The van der Waals surface area contributed by atoms with Gasteiger partial charge < -0.3 is 9.72 Å². The van der Waals surface area contributed by atoms with E-state index in [0.717, 1.165) is 24.2 Å². The first kappa shape index (κ1) is 21.7. The van der Waals surface area contributed by atoms with Gasteiger partial charge in [-0.3, -0.25) is 0 Å². The van der Waals surface area contributed by atoms with E-state index in [2.05, 4.69) is 82.2 Å². The molecule has 0 spiro atoms. The van der Waals surface area contributed by atoms with E-state index in [1.54, 1.807) is 11.1 Å². The summed E-state index contributed by atoms with van der Waals surface area (Å²) in [5, 5.41) is 1.33. The molecule has 176 valence electrons. The maximum Gasteiger partial charge on any atom is 0.0619 e. The maximum atomic E-state index is 6.43. The minimum Gasteiger partial charge on any atom is -0.372 e. The van der Waals surface area contributed by atoms with Crippen molar-refractivity contribution in [3.8, 4) is 0 Å². The van der Waals surface area contributed by atoms with Crippen molar-refractivity contribution in [1.29, 1.82) is 0 Å². The zero-order valence-electron chi connectivity index (χ0n) is 21.2. The number of ether oxygens (including phenoxy) is 1. The molecule has 2 nitrogen and oxygen atoms in total. The number of nitrogens with one attached hydrogen (secondary N) is 1. The Kier molecular flexibility index (Phi) is 4.83. The molecule has 2 aromatic rings. The second kappa shape index (κ2) is 7.35. The molecular formula is C31H41NO. The number of aromatic nitrogens is 1. The van der Waals surface area contributed by atoms with E-state index >= 15 is 0 Å². The second-order valence-corrected chi connectivity index (χ2v) is 12.9. The molecule has 1 N–H and O–H groups in total. The van der Waals surface area contributed by atoms with Crippen LogP contribution in [0.1, 0.15) is 85.1 Å². The lowest BCUT2D eigenvalue weighted by Crippen LogP contribution is -2.50. The van der Waals surface area contributed by atoms with Crippen molar-refractivity contribution in [2.24, 2.45) is 28.6 Å². The number of hydrogen-bond donors (Lipinski definition) is 1. The summed E-state index contributed by atoms with van der Waals surface area (Å²) in [6.45, 7) is 11.8. The van der Waals surface area contributed by atoms with Gasteiger partial charge in [-0.1, -0.05) is 37.6 Å². The van der Waals surface area contributed by atoms with E-state index in [4.69, 9.17) is 4.74 Å². The predicted octanol–water partition coefficient (Wildman–Crippen LogP) is 8.31. The van der Waals surface area contributed by atoms with Gasteiger partial charge in [-0.2, -0.15) is 0 Å². The molecule has 6 atom stereocenters. The van der Waals surface area contributed by atoms with Crippen molar-refractivity contribution < 1.29 is 4.74 Å². The minimum absolute atomic E-state index is 0.0435. The highest BCUT2D eigenvalue weighted by molar-refractivity contribution is 5.85. The molecule has 4 aliphatic carbocycles. The molecule has 4 aliphatic rings. The van der Waals surface area contributed by atoms with Crippen LogP contribution < -0.4 is 0 Å². The molecule has 1 aromatic carbocycles. The van der Waals surface area contributed by atoms with Crippen molar-refractivity contribution in [3.63, 3.8) is 0 Å². The number of fused-ring (bicyclic) bond motifs is 6. The van der Waals surface area contributed by atoms with Crippen LogP contribution in [0.4, 0.5) is 0 Å². The van der Waals surface area contributed by atoms with E-state index in [0.29, 0.717) is 16.9 Å². The van der Waals surface area contributed by atoms with Crippen LogP contribution in [-0.2, 0) is 4.74 Å². The van der Waals surface area contributed by atoms with E-state index in [9.17, 15) is 0 Å². The molecule has 0 unspecified atom stereocenters. The Bertz CT molecular complexity index is 1130. The molecule has 0 radical (unpaired) electrons. The topological polar surface area (TPSA) is 25.0 Å². The lowest BCUT2D eigenvalue weighted by molar-refractivity contribution is -0.0894. The zero-order chi connectivity index (χ0) is 23.0. The third kappa shape index (κ3) is 3.39. The van der Waals surface area contributed by atoms with E-state index in [-0.39, 0.29) is 5.60 Å². The highest BCUT2D eigenvalue weighted by atomic mass is 16.5. The zero-order valence-corrected chi connectivity index (χ0v) is 21.2. The predicted molar refractivity (Wildman–Crippen MR) is 138 cm³/mol. The van der Waals surface area contributed by atoms with Gasteiger partial charge in [0.25, 0.3) is 0 Å². The molecule has 1 heterocycles. The van der Waals surface area contributed by atoms with E-state index < -0.39 is 0 Å². The van der Waals surface area contributed by atoms with Gasteiger partial charge in [0.2, 0.25) is 0 Å². The number of allylic oxidation sites excluding steroid dienone is 3. The molecule has 2 fully saturated rings. The molecule has 6 rings (SSSR count). The third-order valence-corrected chi connectivity index (χ3v) is 10.0. The SMILES string of the molecule is CC(C)(C)O[C@@H]1CC[C@@]2(C)C(=CC[C@@H]3[C@@H]2CC[C@]2(C)C(c4ccc5[nH]ccc5c4)=CC[C@@H]32)C1. The Hall–Kier alpha value is -1.80. The van der Waals surface area contributed by atoms with Gasteiger partial charge >= 0.3 is 0 Å². The average molecular weight is 444 g/mol. The van der Waals surface area contributed by atoms with Crippen LogP contribution in [-0.4, -0.2) is 16.7 Å². The lowest BCUT2D eigenvalue weighted by atomic mass is 9.47. The summed E-state index contributed by atoms with van der Waals surface area (Å²) in [5.41, 5.74) is 6.69. The highest BCUT2D eigenvalue weighted by Gasteiger charge is 2.56. The molecule has 2 saturated carbocycles. The molecule has 0 saturated heterocycles. The summed E-state index contributed by atoms with van der Waals surface area (Å²) in [5.74, 6) is 2.44. The number of hydrogen-bond acceptors (Lipinski definition) is 1. The summed E-state index contributed by atoms with van der Waals surface area (Å²) in [7, 11) is 0. The molecule has 2 heteroatoms. The van der Waals surface area contributed by atoms with Crippen LogP contribution in [0.15, 0.2) is 48.2 Å². The Morgan fingerprint density at radius 3 is 2.58 bits per heavy atom. The fraction of sp³-hybridized carbons (Fsp3) is 0.613.